The van der Waals surface area contributed by atoms with Gasteiger partial charge in [0.25, 0.3) is 0 Å². The Hall–Kier alpha value is -2.95. The number of benzene rings is 2. The summed E-state index contributed by atoms with van der Waals surface area (Å²) in [6.45, 7) is 4.86. The van der Waals surface area contributed by atoms with Gasteiger partial charge in [0, 0.05) is 19.1 Å². The summed E-state index contributed by atoms with van der Waals surface area (Å²) in [4.78, 5) is 24.8. The number of amides is 2. The van der Waals surface area contributed by atoms with E-state index in [1.54, 1.807) is 36.4 Å². The third kappa shape index (κ3) is 6.06. The molecule has 0 unspecified atom stereocenters. The highest BCUT2D eigenvalue weighted by Gasteiger charge is 2.26. The Morgan fingerprint density at radius 2 is 1.81 bits per heavy atom. The van der Waals surface area contributed by atoms with E-state index < -0.39 is 22.0 Å². The fraction of sp³-hybridized carbons (Fsp3) is 0.364. The van der Waals surface area contributed by atoms with Gasteiger partial charge >= 0.3 is 12.0 Å². The van der Waals surface area contributed by atoms with Crippen molar-refractivity contribution in [3.05, 3.63) is 59.7 Å². The molecule has 0 aromatic heterocycles. The second-order valence-electron chi connectivity index (χ2n) is 7.54. The van der Waals surface area contributed by atoms with Gasteiger partial charge in [-0.2, -0.15) is 4.31 Å². The highest BCUT2D eigenvalue weighted by molar-refractivity contribution is 7.89. The quantitative estimate of drug-likeness (QED) is 0.613. The molecule has 2 aromatic rings. The summed E-state index contributed by atoms with van der Waals surface area (Å²) in [7, 11) is -3.65. The van der Waals surface area contributed by atoms with E-state index >= 15 is 0 Å². The van der Waals surface area contributed by atoms with Gasteiger partial charge in [-0.05, 0) is 43.7 Å². The molecule has 2 amide bonds. The number of urea groups is 1. The molecule has 10 heteroatoms. The lowest BCUT2D eigenvalue weighted by atomic mass is 10.2. The smallest absolute Gasteiger partial charge is 0.340 e. The van der Waals surface area contributed by atoms with Gasteiger partial charge < -0.3 is 20.1 Å². The van der Waals surface area contributed by atoms with Crippen molar-refractivity contribution < 1.29 is 27.5 Å². The number of para-hydroxylation sites is 1. The summed E-state index contributed by atoms with van der Waals surface area (Å²) in [6.07, 6.45) is 0. The number of nitrogens with one attached hydrogen (secondary N) is 2. The molecule has 0 bridgehead atoms. The van der Waals surface area contributed by atoms with Crippen LogP contribution in [0, 0.1) is 0 Å². The lowest BCUT2D eigenvalue weighted by molar-refractivity contribution is 0.0473. The molecule has 2 aromatic carbocycles. The van der Waals surface area contributed by atoms with Crippen LogP contribution in [0.15, 0.2) is 53.4 Å². The topological polar surface area (TPSA) is 114 Å². The van der Waals surface area contributed by atoms with E-state index in [0.29, 0.717) is 37.6 Å². The number of ether oxygens (including phenoxy) is 2. The van der Waals surface area contributed by atoms with Crippen molar-refractivity contribution in [1.82, 2.24) is 9.62 Å². The van der Waals surface area contributed by atoms with Crippen LogP contribution in [0.25, 0.3) is 0 Å². The lowest BCUT2D eigenvalue weighted by Gasteiger charge is -2.26. The molecular weight excluding hydrogens is 434 g/mol. The first-order valence-electron chi connectivity index (χ1n) is 10.3. The average Bonchev–Trinajstić information content (AvgIpc) is 2.78. The molecule has 0 saturated carbocycles. The van der Waals surface area contributed by atoms with E-state index in [2.05, 4.69) is 10.6 Å². The molecule has 2 N–H and O–H groups in total. The van der Waals surface area contributed by atoms with Gasteiger partial charge in [-0.1, -0.05) is 24.3 Å². The Kier molecular flexibility index (Phi) is 7.84. The number of esters is 1. The molecule has 3 rings (SSSR count). The standard InChI is InChI=1S/C22H27N3O6S/c1-16(2)23-22(27)24-20-9-4-3-8-19(20)21(26)31-15-17-6-5-7-18(14-17)32(28,29)25-10-12-30-13-11-25/h3-9,14,16H,10-13,15H2,1-2H3,(H2,23,24,27). The van der Waals surface area contributed by atoms with E-state index in [-0.39, 0.29) is 23.1 Å². The molecule has 32 heavy (non-hydrogen) atoms. The van der Waals surface area contributed by atoms with Crippen molar-refractivity contribution in [2.75, 3.05) is 31.6 Å². The number of carbonyl (C=O) groups excluding carboxylic acids is 2. The van der Waals surface area contributed by atoms with Crippen LogP contribution in [0.3, 0.4) is 0 Å². The van der Waals surface area contributed by atoms with Gasteiger partial charge in [-0.15, -0.1) is 0 Å². The van der Waals surface area contributed by atoms with Gasteiger partial charge in [-0.3, -0.25) is 0 Å². The number of nitrogens with zero attached hydrogens (tertiary/aromatic N) is 1. The molecule has 1 aliphatic rings. The van der Waals surface area contributed by atoms with Crippen molar-refractivity contribution in [3.63, 3.8) is 0 Å². The summed E-state index contributed by atoms with van der Waals surface area (Å²) in [6, 6.07) is 12.3. The maximum atomic E-state index is 12.8. The van der Waals surface area contributed by atoms with Gasteiger partial charge in [0.15, 0.2) is 0 Å². The second-order valence-corrected chi connectivity index (χ2v) is 9.48. The number of hydrogen-bond acceptors (Lipinski definition) is 6. The number of morpholine rings is 1. The number of sulfonamides is 1. The van der Waals surface area contributed by atoms with Crippen LogP contribution >= 0.6 is 0 Å². The Morgan fingerprint density at radius 3 is 2.53 bits per heavy atom. The van der Waals surface area contributed by atoms with E-state index in [4.69, 9.17) is 9.47 Å². The highest BCUT2D eigenvalue weighted by atomic mass is 32.2. The van der Waals surface area contributed by atoms with Crippen LogP contribution in [-0.2, 0) is 26.1 Å². The van der Waals surface area contributed by atoms with Crippen molar-refractivity contribution in [2.45, 2.75) is 31.4 Å². The van der Waals surface area contributed by atoms with Crippen molar-refractivity contribution in [2.24, 2.45) is 0 Å². The fourth-order valence-electron chi connectivity index (χ4n) is 3.15. The molecule has 9 nitrogen and oxygen atoms in total. The van der Waals surface area contributed by atoms with E-state index in [1.165, 1.54) is 16.4 Å². The lowest BCUT2D eigenvalue weighted by Crippen LogP contribution is -2.40. The number of anilines is 1. The Morgan fingerprint density at radius 1 is 1.09 bits per heavy atom. The van der Waals surface area contributed by atoms with E-state index in [9.17, 15) is 18.0 Å². The van der Waals surface area contributed by atoms with E-state index in [0.717, 1.165) is 0 Å². The molecule has 0 radical (unpaired) electrons. The normalized spacial score (nSPS) is 14.7. The summed E-state index contributed by atoms with van der Waals surface area (Å²) in [5.74, 6) is -0.633. The van der Waals surface area contributed by atoms with Crippen molar-refractivity contribution >= 4 is 27.7 Å². The van der Waals surface area contributed by atoms with Crippen LogP contribution in [0.5, 0.6) is 0 Å². The number of rotatable bonds is 7. The van der Waals surface area contributed by atoms with Crippen LogP contribution in [-0.4, -0.2) is 57.1 Å². The first-order valence-corrected chi connectivity index (χ1v) is 11.7. The molecule has 1 fully saturated rings. The van der Waals surface area contributed by atoms with E-state index in [1.807, 2.05) is 13.8 Å². The SMILES string of the molecule is CC(C)NC(=O)Nc1ccccc1C(=O)OCc1cccc(S(=O)(=O)N2CCOCC2)c1. The number of hydrogen-bond donors (Lipinski definition) is 2. The fourth-order valence-corrected chi connectivity index (χ4v) is 4.63. The minimum atomic E-state index is -3.65. The van der Waals surface area contributed by atoms with Crippen LogP contribution < -0.4 is 10.6 Å². The summed E-state index contributed by atoms with van der Waals surface area (Å²) in [5, 5.41) is 5.33. The zero-order valence-electron chi connectivity index (χ0n) is 18.0. The van der Waals surface area contributed by atoms with Crippen molar-refractivity contribution in [1.29, 1.82) is 0 Å². The summed E-state index contributed by atoms with van der Waals surface area (Å²) >= 11 is 0. The molecular formula is C22H27N3O6S. The minimum Gasteiger partial charge on any atom is -0.457 e. The molecule has 1 aliphatic heterocycles. The Bertz CT molecular complexity index is 1060. The second kappa shape index (κ2) is 10.6. The molecule has 1 saturated heterocycles. The summed E-state index contributed by atoms with van der Waals surface area (Å²) in [5.41, 5.74) is 1.05. The maximum absolute atomic E-state index is 12.8. The molecule has 1 heterocycles. The highest BCUT2D eigenvalue weighted by Crippen LogP contribution is 2.20. The molecule has 0 atom stereocenters. The van der Waals surface area contributed by atoms with Crippen LogP contribution in [0.1, 0.15) is 29.8 Å². The Balaban J connectivity index is 1.68. The molecule has 0 spiro atoms. The van der Waals surface area contributed by atoms with Gasteiger partial charge in [0.2, 0.25) is 10.0 Å². The molecule has 172 valence electrons. The van der Waals surface area contributed by atoms with Gasteiger partial charge in [0.1, 0.15) is 6.61 Å². The van der Waals surface area contributed by atoms with Gasteiger partial charge in [-0.25, -0.2) is 18.0 Å². The zero-order chi connectivity index (χ0) is 23.1. The van der Waals surface area contributed by atoms with Crippen LogP contribution in [0.4, 0.5) is 10.5 Å². The average molecular weight is 462 g/mol. The zero-order valence-corrected chi connectivity index (χ0v) is 18.9. The first-order chi connectivity index (χ1) is 15.3. The predicted octanol–water partition coefficient (Wildman–Crippen LogP) is 2.59. The number of carbonyl (C=O) groups is 2. The Labute approximate surface area is 187 Å². The monoisotopic (exact) mass is 461 g/mol. The summed E-state index contributed by atoms with van der Waals surface area (Å²) < 4.78 is 37.7. The van der Waals surface area contributed by atoms with Crippen LogP contribution in [0.2, 0.25) is 0 Å². The largest absolute Gasteiger partial charge is 0.457 e. The molecule has 0 aliphatic carbocycles. The van der Waals surface area contributed by atoms with Crippen molar-refractivity contribution in [3.8, 4) is 0 Å². The maximum Gasteiger partial charge on any atom is 0.340 e. The predicted molar refractivity (Wildman–Crippen MR) is 119 cm³/mol. The minimum absolute atomic E-state index is 0.0601. The van der Waals surface area contributed by atoms with Gasteiger partial charge in [0.05, 0.1) is 29.4 Å². The third-order valence-corrected chi connectivity index (χ3v) is 6.59. The third-order valence-electron chi connectivity index (χ3n) is 4.69. The first kappa shape index (κ1) is 23.7.